The Kier molecular flexibility index (Phi) is 5.28. The van der Waals surface area contributed by atoms with Gasteiger partial charge in [0.25, 0.3) is 11.8 Å². The van der Waals surface area contributed by atoms with Gasteiger partial charge in [-0.05, 0) is 38.2 Å². The molecule has 3 aromatic heterocycles. The van der Waals surface area contributed by atoms with Gasteiger partial charge in [-0.15, -0.1) is 0 Å². The maximum atomic E-state index is 12.8. The van der Waals surface area contributed by atoms with Crippen LogP contribution in [0.3, 0.4) is 0 Å². The Hall–Kier alpha value is -3.23. The van der Waals surface area contributed by atoms with E-state index in [2.05, 4.69) is 25.7 Å². The minimum atomic E-state index is -0.227. The zero-order valence-electron chi connectivity index (χ0n) is 16.5. The lowest BCUT2D eigenvalue weighted by Gasteiger charge is -2.30. The number of nitrogens with zero attached hydrogens (tertiary/aromatic N) is 4. The van der Waals surface area contributed by atoms with E-state index in [1.165, 1.54) is 12.6 Å². The standard InChI is InChI=1S/C20H24N6O3/c1-3-16-17(22-11-29-16)20(28)25-14-6-4-5-13(7-14)24-19(27)15-9-23-26-10-12(2)8-21-18(15)26/h8-11,13-14H,3-7H2,1-2H3,(H,24,27)(H,25,28)/t13-,14-/m1/s1. The fourth-order valence-electron chi connectivity index (χ4n) is 3.80. The number of oxazole rings is 1. The van der Waals surface area contributed by atoms with Gasteiger partial charge in [0.15, 0.2) is 17.7 Å². The number of hydrogen-bond acceptors (Lipinski definition) is 6. The zero-order chi connectivity index (χ0) is 20.4. The number of carbonyl (C=O) groups excluding carboxylic acids is 2. The van der Waals surface area contributed by atoms with Crippen LogP contribution in [0, 0.1) is 6.92 Å². The number of aryl methyl sites for hydroxylation is 2. The Morgan fingerprint density at radius 1 is 1.17 bits per heavy atom. The molecule has 2 amide bonds. The first-order valence-corrected chi connectivity index (χ1v) is 9.89. The van der Waals surface area contributed by atoms with E-state index in [4.69, 9.17) is 4.42 Å². The van der Waals surface area contributed by atoms with Crippen molar-refractivity contribution in [3.05, 3.63) is 47.6 Å². The van der Waals surface area contributed by atoms with E-state index in [0.717, 1.165) is 24.8 Å². The highest BCUT2D eigenvalue weighted by molar-refractivity contribution is 5.99. The summed E-state index contributed by atoms with van der Waals surface area (Å²) in [7, 11) is 0. The van der Waals surface area contributed by atoms with Gasteiger partial charge in [0.05, 0.1) is 6.20 Å². The van der Waals surface area contributed by atoms with Crippen molar-refractivity contribution in [2.24, 2.45) is 0 Å². The molecular formula is C20H24N6O3. The predicted octanol–water partition coefficient (Wildman–Crippen LogP) is 2.06. The SMILES string of the molecule is CCc1ocnc1C(=O)N[C@@H]1CCC[C@@H](NC(=O)c2cnn3cc(C)cnc23)C1. The van der Waals surface area contributed by atoms with E-state index < -0.39 is 0 Å². The molecule has 152 valence electrons. The van der Waals surface area contributed by atoms with Gasteiger partial charge in [0.1, 0.15) is 11.3 Å². The molecule has 3 heterocycles. The van der Waals surface area contributed by atoms with Gasteiger partial charge < -0.3 is 15.1 Å². The van der Waals surface area contributed by atoms with Crippen molar-refractivity contribution in [2.45, 2.75) is 58.0 Å². The second kappa shape index (κ2) is 8.02. The van der Waals surface area contributed by atoms with E-state index in [1.807, 2.05) is 20.0 Å². The third kappa shape index (κ3) is 3.98. The summed E-state index contributed by atoms with van der Waals surface area (Å²) in [4.78, 5) is 33.6. The average Bonchev–Trinajstić information content (AvgIpc) is 3.34. The van der Waals surface area contributed by atoms with Crippen LogP contribution in [-0.2, 0) is 6.42 Å². The van der Waals surface area contributed by atoms with Crippen LogP contribution in [0.2, 0.25) is 0 Å². The Bertz CT molecular complexity index is 1040. The summed E-state index contributed by atoms with van der Waals surface area (Å²) in [5.74, 6) is 0.159. The van der Waals surface area contributed by atoms with Gasteiger partial charge in [-0.2, -0.15) is 5.10 Å². The Morgan fingerprint density at radius 2 is 1.93 bits per heavy atom. The van der Waals surface area contributed by atoms with Crippen LogP contribution in [0.5, 0.6) is 0 Å². The molecule has 3 aromatic rings. The number of nitrogens with one attached hydrogen (secondary N) is 2. The maximum absolute atomic E-state index is 12.8. The third-order valence-electron chi connectivity index (χ3n) is 5.25. The minimum absolute atomic E-state index is 0.0207. The van der Waals surface area contributed by atoms with Crippen LogP contribution in [0.4, 0.5) is 0 Å². The lowest BCUT2D eigenvalue weighted by molar-refractivity contribution is 0.0900. The molecule has 0 aliphatic heterocycles. The summed E-state index contributed by atoms with van der Waals surface area (Å²) < 4.78 is 6.85. The highest BCUT2D eigenvalue weighted by Crippen LogP contribution is 2.20. The van der Waals surface area contributed by atoms with E-state index >= 15 is 0 Å². The van der Waals surface area contributed by atoms with Crippen molar-refractivity contribution >= 4 is 17.5 Å². The molecule has 0 bridgehead atoms. The highest BCUT2D eigenvalue weighted by atomic mass is 16.3. The quantitative estimate of drug-likeness (QED) is 0.682. The zero-order valence-corrected chi connectivity index (χ0v) is 16.5. The summed E-state index contributed by atoms with van der Waals surface area (Å²) in [6.07, 6.45) is 10.3. The van der Waals surface area contributed by atoms with Gasteiger partial charge in [0.2, 0.25) is 0 Å². The van der Waals surface area contributed by atoms with Crippen molar-refractivity contribution in [2.75, 3.05) is 0 Å². The number of rotatable bonds is 5. The number of fused-ring (bicyclic) bond motifs is 1. The van der Waals surface area contributed by atoms with E-state index in [1.54, 1.807) is 10.7 Å². The van der Waals surface area contributed by atoms with Crippen molar-refractivity contribution < 1.29 is 14.0 Å². The van der Waals surface area contributed by atoms with Crippen molar-refractivity contribution in [3.63, 3.8) is 0 Å². The molecule has 1 aliphatic carbocycles. The van der Waals surface area contributed by atoms with Gasteiger partial charge >= 0.3 is 0 Å². The molecule has 0 saturated heterocycles. The summed E-state index contributed by atoms with van der Waals surface area (Å²) in [5.41, 5.74) is 2.29. The Morgan fingerprint density at radius 3 is 2.69 bits per heavy atom. The van der Waals surface area contributed by atoms with Crippen LogP contribution >= 0.6 is 0 Å². The highest BCUT2D eigenvalue weighted by Gasteiger charge is 2.27. The van der Waals surface area contributed by atoms with Crippen LogP contribution < -0.4 is 10.6 Å². The van der Waals surface area contributed by atoms with Crippen molar-refractivity contribution in [1.82, 2.24) is 30.2 Å². The van der Waals surface area contributed by atoms with Crippen LogP contribution in [-0.4, -0.2) is 43.5 Å². The summed E-state index contributed by atoms with van der Waals surface area (Å²) in [6, 6.07) is -0.0439. The lowest BCUT2D eigenvalue weighted by Crippen LogP contribution is -2.46. The molecule has 1 saturated carbocycles. The predicted molar refractivity (Wildman–Crippen MR) is 105 cm³/mol. The molecule has 4 rings (SSSR count). The fourth-order valence-corrected chi connectivity index (χ4v) is 3.80. The minimum Gasteiger partial charge on any atom is -0.448 e. The van der Waals surface area contributed by atoms with E-state index in [9.17, 15) is 9.59 Å². The third-order valence-corrected chi connectivity index (χ3v) is 5.25. The molecule has 0 radical (unpaired) electrons. The Balaban J connectivity index is 1.39. The van der Waals surface area contributed by atoms with E-state index in [0.29, 0.717) is 35.5 Å². The molecule has 1 aliphatic rings. The van der Waals surface area contributed by atoms with Crippen LogP contribution in [0.1, 0.15) is 64.8 Å². The number of amides is 2. The molecule has 0 aromatic carbocycles. The molecule has 0 spiro atoms. The average molecular weight is 396 g/mol. The smallest absolute Gasteiger partial charge is 0.273 e. The second-order valence-corrected chi connectivity index (χ2v) is 7.44. The molecular weight excluding hydrogens is 372 g/mol. The summed E-state index contributed by atoms with van der Waals surface area (Å²) in [5, 5.41) is 10.3. The van der Waals surface area contributed by atoms with Crippen LogP contribution in [0.15, 0.2) is 29.4 Å². The molecule has 9 heteroatoms. The monoisotopic (exact) mass is 396 g/mol. The first kappa shape index (κ1) is 19.1. The largest absolute Gasteiger partial charge is 0.448 e. The van der Waals surface area contributed by atoms with Crippen molar-refractivity contribution in [3.8, 4) is 0 Å². The molecule has 2 N–H and O–H groups in total. The Labute approximate surface area is 167 Å². The van der Waals surface area contributed by atoms with Crippen LogP contribution in [0.25, 0.3) is 5.65 Å². The van der Waals surface area contributed by atoms with Gasteiger partial charge in [-0.25, -0.2) is 14.5 Å². The van der Waals surface area contributed by atoms with E-state index in [-0.39, 0.29) is 23.9 Å². The molecule has 9 nitrogen and oxygen atoms in total. The van der Waals surface area contributed by atoms with Crippen molar-refractivity contribution in [1.29, 1.82) is 0 Å². The van der Waals surface area contributed by atoms with Gasteiger partial charge in [-0.1, -0.05) is 6.92 Å². The maximum Gasteiger partial charge on any atom is 0.273 e. The molecule has 2 atom stereocenters. The molecule has 0 unspecified atom stereocenters. The van der Waals surface area contributed by atoms with Gasteiger partial charge in [-0.3, -0.25) is 9.59 Å². The fraction of sp³-hybridized carbons (Fsp3) is 0.450. The van der Waals surface area contributed by atoms with Gasteiger partial charge in [0, 0.05) is 30.9 Å². The topological polar surface area (TPSA) is 114 Å². The molecule has 29 heavy (non-hydrogen) atoms. The summed E-state index contributed by atoms with van der Waals surface area (Å²) >= 11 is 0. The first-order valence-electron chi connectivity index (χ1n) is 9.89. The molecule has 1 fully saturated rings. The second-order valence-electron chi connectivity index (χ2n) is 7.44. The summed E-state index contributed by atoms with van der Waals surface area (Å²) in [6.45, 7) is 3.84. The first-order chi connectivity index (χ1) is 14.0. The number of carbonyl (C=O) groups is 2. The lowest BCUT2D eigenvalue weighted by atomic mass is 9.90. The number of aromatic nitrogens is 4. The normalized spacial score (nSPS) is 19.2. The number of hydrogen-bond donors (Lipinski definition) is 2.